The van der Waals surface area contributed by atoms with E-state index in [4.69, 9.17) is 5.41 Å². The molecule has 0 saturated heterocycles. The first-order valence-electron chi connectivity index (χ1n) is 5.98. The van der Waals surface area contributed by atoms with Crippen molar-refractivity contribution >= 4 is 16.6 Å². The number of fused-ring (bicyclic) bond motifs is 1. The maximum absolute atomic E-state index is 7.88. The maximum atomic E-state index is 7.88. The Bertz CT molecular complexity index is 708. The molecule has 0 aliphatic heterocycles. The van der Waals surface area contributed by atoms with E-state index in [1.807, 2.05) is 43.5 Å². The molecule has 2 heteroatoms. The van der Waals surface area contributed by atoms with E-state index in [0.29, 0.717) is 5.71 Å². The van der Waals surface area contributed by atoms with Gasteiger partial charge in [0.25, 0.3) is 0 Å². The van der Waals surface area contributed by atoms with Crippen molar-refractivity contribution in [3.8, 4) is 5.69 Å². The van der Waals surface area contributed by atoms with Crippen LogP contribution in [-0.2, 0) is 0 Å². The number of aromatic nitrogens is 1. The molecule has 0 aliphatic rings. The van der Waals surface area contributed by atoms with Gasteiger partial charge in [-0.3, -0.25) is 0 Å². The molecule has 0 spiro atoms. The lowest BCUT2D eigenvalue weighted by atomic mass is 10.1. The van der Waals surface area contributed by atoms with E-state index in [2.05, 4.69) is 28.8 Å². The molecule has 0 radical (unpaired) electrons. The molecule has 0 fully saturated rings. The predicted octanol–water partition coefficient (Wildman–Crippen LogP) is 4.02. The van der Waals surface area contributed by atoms with E-state index in [1.54, 1.807) is 0 Å². The van der Waals surface area contributed by atoms with Gasteiger partial charge in [0.2, 0.25) is 0 Å². The quantitative estimate of drug-likeness (QED) is 0.649. The van der Waals surface area contributed by atoms with Crippen LogP contribution in [0.2, 0.25) is 0 Å². The highest BCUT2D eigenvalue weighted by molar-refractivity contribution is 6.08. The monoisotopic (exact) mass is 234 g/mol. The lowest BCUT2D eigenvalue weighted by molar-refractivity contribution is 1.12. The van der Waals surface area contributed by atoms with Gasteiger partial charge in [-0.1, -0.05) is 36.4 Å². The zero-order chi connectivity index (χ0) is 12.5. The van der Waals surface area contributed by atoms with Crippen molar-refractivity contribution in [3.63, 3.8) is 0 Å². The second-order valence-corrected chi connectivity index (χ2v) is 4.39. The van der Waals surface area contributed by atoms with Crippen LogP contribution in [0.15, 0.2) is 60.8 Å². The second-order valence-electron chi connectivity index (χ2n) is 4.39. The van der Waals surface area contributed by atoms with Gasteiger partial charge >= 0.3 is 0 Å². The first kappa shape index (κ1) is 10.8. The lowest BCUT2D eigenvalue weighted by Gasteiger charge is -2.04. The summed E-state index contributed by atoms with van der Waals surface area (Å²) in [6.07, 6.45) is 2.04. The molecule has 1 heterocycles. The average molecular weight is 234 g/mol. The second kappa shape index (κ2) is 4.15. The number of para-hydroxylation sites is 2. The van der Waals surface area contributed by atoms with Crippen LogP contribution in [0.5, 0.6) is 0 Å². The number of nitrogens with zero attached hydrogens (tertiary/aromatic N) is 1. The molecule has 0 atom stereocenters. The molecule has 3 rings (SSSR count). The molecule has 1 N–H and O–H groups in total. The van der Waals surface area contributed by atoms with Gasteiger partial charge in [0.15, 0.2) is 0 Å². The van der Waals surface area contributed by atoms with E-state index in [9.17, 15) is 0 Å². The molecule has 88 valence electrons. The SMILES string of the molecule is CC(=N)c1cn(-c2ccccc2)c2ccccc12. The van der Waals surface area contributed by atoms with E-state index >= 15 is 0 Å². The van der Waals surface area contributed by atoms with Gasteiger partial charge in [0, 0.05) is 28.5 Å². The molecule has 2 nitrogen and oxygen atoms in total. The number of hydrogen-bond acceptors (Lipinski definition) is 1. The fourth-order valence-electron chi connectivity index (χ4n) is 2.28. The van der Waals surface area contributed by atoms with Crippen LogP contribution < -0.4 is 0 Å². The predicted molar refractivity (Wildman–Crippen MR) is 75.8 cm³/mol. The number of benzene rings is 2. The summed E-state index contributed by atoms with van der Waals surface area (Å²) in [5.41, 5.74) is 3.86. The number of hydrogen-bond donors (Lipinski definition) is 1. The van der Waals surface area contributed by atoms with Gasteiger partial charge in [-0.2, -0.15) is 0 Å². The highest BCUT2D eigenvalue weighted by Gasteiger charge is 2.09. The molecule has 0 unspecified atom stereocenters. The maximum Gasteiger partial charge on any atom is 0.0535 e. The van der Waals surface area contributed by atoms with Crippen LogP contribution in [-0.4, -0.2) is 10.3 Å². The fourth-order valence-corrected chi connectivity index (χ4v) is 2.28. The number of nitrogens with one attached hydrogen (secondary N) is 1. The molecule has 1 aromatic heterocycles. The van der Waals surface area contributed by atoms with Crippen molar-refractivity contribution in [2.24, 2.45) is 0 Å². The van der Waals surface area contributed by atoms with Crippen molar-refractivity contribution in [1.29, 1.82) is 5.41 Å². The third kappa shape index (κ3) is 1.63. The standard InChI is InChI=1S/C16H14N2/c1-12(17)15-11-18(13-7-3-2-4-8-13)16-10-6-5-9-14(15)16/h2-11,17H,1H3. The molecule has 0 saturated carbocycles. The summed E-state index contributed by atoms with van der Waals surface area (Å²) in [6, 6.07) is 18.4. The van der Waals surface area contributed by atoms with Crippen LogP contribution in [0.4, 0.5) is 0 Å². The average Bonchev–Trinajstić information content (AvgIpc) is 2.79. The molecule has 0 amide bonds. The minimum Gasteiger partial charge on any atom is -0.316 e. The molecule has 3 aromatic rings. The largest absolute Gasteiger partial charge is 0.316 e. The number of rotatable bonds is 2. The summed E-state index contributed by atoms with van der Waals surface area (Å²) in [6.45, 7) is 1.83. The van der Waals surface area contributed by atoms with E-state index in [1.165, 1.54) is 0 Å². The Labute approximate surface area is 106 Å². The molecule has 0 aliphatic carbocycles. The summed E-state index contributed by atoms with van der Waals surface area (Å²) in [7, 11) is 0. The Morgan fingerprint density at radius 3 is 2.33 bits per heavy atom. The smallest absolute Gasteiger partial charge is 0.0535 e. The zero-order valence-corrected chi connectivity index (χ0v) is 10.2. The van der Waals surface area contributed by atoms with Gasteiger partial charge in [0.05, 0.1) is 5.52 Å². The first-order chi connectivity index (χ1) is 8.77. The van der Waals surface area contributed by atoms with Crippen molar-refractivity contribution in [1.82, 2.24) is 4.57 Å². The van der Waals surface area contributed by atoms with Crippen molar-refractivity contribution in [3.05, 3.63) is 66.4 Å². The van der Waals surface area contributed by atoms with Gasteiger partial charge in [-0.05, 0) is 25.1 Å². The minimum absolute atomic E-state index is 0.598. The minimum atomic E-state index is 0.598. The van der Waals surface area contributed by atoms with Crippen LogP contribution in [0.1, 0.15) is 12.5 Å². The lowest BCUT2D eigenvalue weighted by Crippen LogP contribution is -1.92. The normalized spacial score (nSPS) is 10.7. The summed E-state index contributed by atoms with van der Waals surface area (Å²) in [4.78, 5) is 0. The molecule has 2 aromatic carbocycles. The third-order valence-electron chi connectivity index (χ3n) is 3.15. The Morgan fingerprint density at radius 1 is 0.944 bits per heavy atom. The van der Waals surface area contributed by atoms with Crippen molar-refractivity contribution in [2.45, 2.75) is 6.92 Å². The Balaban J connectivity index is 2.34. The summed E-state index contributed by atoms with van der Waals surface area (Å²) >= 11 is 0. The molecular weight excluding hydrogens is 220 g/mol. The molecule has 0 bridgehead atoms. The molecule has 18 heavy (non-hydrogen) atoms. The van der Waals surface area contributed by atoms with Crippen molar-refractivity contribution < 1.29 is 0 Å². The highest BCUT2D eigenvalue weighted by atomic mass is 15.0. The zero-order valence-electron chi connectivity index (χ0n) is 10.2. The van der Waals surface area contributed by atoms with Crippen LogP contribution >= 0.6 is 0 Å². The third-order valence-corrected chi connectivity index (χ3v) is 3.15. The van der Waals surface area contributed by atoms with Crippen LogP contribution in [0, 0.1) is 5.41 Å². The Hall–Kier alpha value is -2.35. The highest BCUT2D eigenvalue weighted by Crippen LogP contribution is 2.24. The summed E-state index contributed by atoms with van der Waals surface area (Å²) in [5.74, 6) is 0. The Kier molecular flexibility index (Phi) is 2.49. The Morgan fingerprint density at radius 2 is 1.61 bits per heavy atom. The van der Waals surface area contributed by atoms with Gasteiger partial charge in [-0.25, -0.2) is 0 Å². The van der Waals surface area contributed by atoms with Crippen LogP contribution in [0.25, 0.3) is 16.6 Å². The van der Waals surface area contributed by atoms with E-state index in [-0.39, 0.29) is 0 Å². The molecular formula is C16H14N2. The topological polar surface area (TPSA) is 28.8 Å². The van der Waals surface area contributed by atoms with Crippen LogP contribution in [0.3, 0.4) is 0 Å². The van der Waals surface area contributed by atoms with E-state index in [0.717, 1.165) is 22.2 Å². The van der Waals surface area contributed by atoms with Gasteiger partial charge in [-0.15, -0.1) is 0 Å². The van der Waals surface area contributed by atoms with E-state index < -0.39 is 0 Å². The summed E-state index contributed by atoms with van der Waals surface area (Å²) in [5, 5.41) is 9.01. The first-order valence-corrected chi connectivity index (χ1v) is 5.98. The van der Waals surface area contributed by atoms with Gasteiger partial charge in [0.1, 0.15) is 0 Å². The summed E-state index contributed by atoms with van der Waals surface area (Å²) < 4.78 is 2.14. The van der Waals surface area contributed by atoms with Gasteiger partial charge < -0.3 is 9.98 Å². The fraction of sp³-hybridized carbons (Fsp3) is 0.0625. The van der Waals surface area contributed by atoms with Crippen molar-refractivity contribution in [2.75, 3.05) is 0 Å².